The third-order valence-electron chi connectivity index (χ3n) is 11.1. The van der Waals surface area contributed by atoms with E-state index in [1.807, 2.05) is 69.8 Å². The van der Waals surface area contributed by atoms with E-state index in [1.165, 1.54) is 10.8 Å². The Morgan fingerprint density at radius 1 is 0.379 bits per heavy atom. The van der Waals surface area contributed by atoms with Crippen LogP contribution < -0.4 is 18.6 Å². The molecule has 0 saturated heterocycles. The Bertz CT molecular complexity index is 3490. The van der Waals surface area contributed by atoms with Crippen molar-refractivity contribution in [2.75, 3.05) is 0 Å². The normalized spacial score (nSPS) is 11.1. The van der Waals surface area contributed by atoms with Gasteiger partial charge in [-0.05, 0) is 69.6 Å². The zero-order valence-electron chi connectivity index (χ0n) is 34.6. The number of rotatable bonds is 9. The quantitative estimate of drug-likeness (QED) is 0.107. The Morgan fingerprint density at radius 2 is 0.788 bits per heavy atom. The molecule has 66 heavy (non-hydrogen) atoms. The molecule has 0 N–H and O–H groups in total. The average Bonchev–Trinajstić information content (AvgIpc) is 3.94. The van der Waals surface area contributed by atoms with E-state index in [-0.39, 0.29) is 42.1 Å². The van der Waals surface area contributed by atoms with E-state index in [0.29, 0.717) is 34.4 Å². The zero-order chi connectivity index (χ0) is 42.4. The summed E-state index contributed by atoms with van der Waals surface area (Å²) in [6.07, 6.45) is 10.4. The SMILES string of the molecule is [Pt].[Pt].[c-]1c(Oc2[c-]c(-c3[c-]c(Oc4[c-]c(-[n+]5[c-]n(-c6ccc7ccccc7c6)c6ccccc65)ccc4)ccn3)ncc2)cccc1-[n+]1[c-]n(-c2ccc3ccccc3c2)c2ccccc21. The smallest absolute Gasteiger partial charge is 0.268 e. The Hall–Kier alpha value is -7.50. The molecular formula is C56H32N6O2Pt2-4. The van der Waals surface area contributed by atoms with Crippen LogP contribution in [0, 0.1) is 36.9 Å². The zero-order valence-corrected chi connectivity index (χ0v) is 39.2. The largest absolute Gasteiger partial charge is 0.511 e. The number of imidazole rings is 2. The monoisotopic (exact) mass is 1210 g/mol. The van der Waals surface area contributed by atoms with Gasteiger partial charge < -0.3 is 28.6 Å². The topological polar surface area (TPSA) is 61.9 Å². The summed E-state index contributed by atoms with van der Waals surface area (Å²) in [6.45, 7) is 0. The van der Waals surface area contributed by atoms with Gasteiger partial charge in [-0.25, -0.2) is 0 Å². The molecule has 0 spiro atoms. The molecule has 322 valence electrons. The molecule has 0 radical (unpaired) electrons. The van der Waals surface area contributed by atoms with Crippen molar-refractivity contribution >= 4 is 43.6 Å². The molecule has 0 aliphatic heterocycles. The molecule has 0 amide bonds. The fourth-order valence-corrected chi connectivity index (χ4v) is 8.08. The van der Waals surface area contributed by atoms with E-state index in [9.17, 15) is 0 Å². The van der Waals surface area contributed by atoms with Crippen molar-refractivity contribution in [1.29, 1.82) is 0 Å². The Morgan fingerprint density at radius 3 is 1.26 bits per heavy atom. The minimum absolute atomic E-state index is 0. The van der Waals surface area contributed by atoms with Crippen molar-refractivity contribution in [2.45, 2.75) is 0 Å². The molecule has 0 aliphatic carbocycles. The van der Waals surface area contributed by atoms with Gasteiger partial charge in [0.1, 0.15) is 0 Å². The van der Waals surface area contributed by atoms with Gasteiger partial charge >= 0.3 is 0 Å². The van der Waals surface area contributed by atoms with Crippen LogP contribution in [0.3, 0.4) is 0 Å². The number of pyridine rings is 2. The summed E-state index contributed by atoms with van der Waals surface area (Å²) < 4.78 is 20.8. The number of para-hydroxylation sites is 4. The van der Waals surface area contributed by atoms with Crippen molar-refractivity contribution in [1.82, 2.24) is 19.1 Å². The molecule has 0 atom stereocenters. The van der Waals surface area contributed by atoms with E-state index < -0.39 is 0 Å². The Kier molecular flexibility index (Phi) is 11.7. The molecule has 0 aliphatic rings. The predicted molar refractivity (Wildman–Crippen MR) is 245 cm³/mol. The van der Waals surface area contributed by atoms with Crippen LogP contribution >= 0.6 is 0 Å². The standard InChI is InChI=1S/C56H32N6O2.2Pt/c1-3-13-41-31-45(25-23-39(41)11-1)61-37-59(53-19-5-7-21-55(53)61)43-15-9-17-47(33-43)63-49-27-29-57-51(35-49)52-36-50(28-30-58-52)64-48-18-10-16-44(34-48)60-38-62(56-22-8-6-20-54(56)60)46-26-24-40-12-2-4-14-42(40)32-46;;/h1-32H;;/q-4;;. The maximum atomic E-state index is 6.34. The van der Waals surface area contributed by atoms with Gasteiger partial charge in [0, 0.05) is 65.1 Å². The molecule has 0 fully saturated rings. The van der Waals surface area contributed by atoms with Gasteiger partial charge in [-0.3, -0.25) is 9.13 Å². The van der Waals surface area contributed by atoms with Gasteiger partial charge in [0.25, 0.3) is 12.7 Å². The number of hydrogen-bond acceptors (Lipinski definition) is 4. The van der Waals surface area contributed by atoms with E-state index in [4.69, 9.17) is 9.47 Å². The van der Waals surface area contributed by atoms with Crippen LogP contribution in [-0.2, 0) is 42.1 Å². The van der Waals surface area contributed by atoms with Gasteiger partial charge in [0.05, 0.1) is 33.4 Å². The molecule has 8 nitrogen and oxygen atoms in total. The summed E-state index contributed by atoms with van der Waals surface area (Å²) in [5.74, 6) is 1.91. The van der Waals surface area contributed by atoms with E-state index in [2.05, 4.69) is 165 Å². The minimum atomic E-state index is 0. The summed E-state index contributed by atoms with van der Waals surface area (Å²) >= 11 is 0. The number of ether oxygens (including phenoxy) is 2. The van der Waals surface area contributed by atoms with Crippen molar-refractivity contribution < 1.29 is 60.7 Å². The van der Waals surface area contributed by atoms with E-state index >= 15 is 0 Å². The predicted octanol–water partition coefficient (Wildman–Crippen LogP) is 11.3. The molecule has 0 bridgehead atoms. The number of benzene rings is 8. The molecule has 4 aromatic heterocycles. The summed E-state index contributed by atoms with van der Waals surface area (Å²) in [6, 6.07) is 74.5. The first-order valence-corrected chi connectivity index (χ1v) is 20.7. The first kappa shape index (κ1) is 42.4. The molecule has 0 unspecified atom stereocenters. The van der Waals surface area contributed by atoms with Crippen LogP contribution in [-0.4, -0.2) is 19.1 Å². The maximum Gasteiger partial charge on any atom is 0.268 e. The molecule has 8 aromatic carbocycles. The van der Waals surface area contributed by atoms with E-state index in [0.717, 1.165) is 55.6 Å². The molecule has 10 heteroatoms. The van der Waals surface area contributed by atoms with Gasteiger partial charge in [0.2, 0.25) is 0 Å². The third kappa shape index (κ3) is 8.11. The number of fused-ring (bicyclic) bond motifs is 4. The van der Waals surface area contributed by atoms with Crippen molar-refractivity contribution in [2.24, 2.45) is 0 Å². The van der Waals surface area contributed by atoms with Crippen molar-refractivity contribution in [3.8, 4) is 57.1 Å². The summed E-state index contributed by atoms with van der Waals surface area (Å²) in [5.41, 5.74) is 8.48. The second kappa shape index (κ2) is 18.2. The number of nitrogens with zero attached hydrogens (tertiary/aromatic N) is 6. The van der Waals surface area contributed by atoms with E-state index in [1.54, 1.807) is 24.5 Å². The fraction of sp³-hybridized carbons (Fsp3) is 0. The van der Waals surface area contributed by atoms with Crippen LogP contribution in [0.4, 0.5) is 0 Å². The first-order chi connectivity index (χ1) is 31.7. The fourth-order valence-electron chi connectivity index (χ4n) is 8.08. The van der Waals surface area contributed by atoms with Crippen LogP contribution in [0.2, 0.25) is 0 Å². The molecular weight excluding hydrogens is 1180 g/mol. The third-order valence-corrected chi connectivity index (χ3v) is 11.1. The van der Waals surface area contributed by atoms with Crippen molar-refractivity contribution in [3.05, 3.63) is 231 Å². The van der Waals surface area contributed by atoms with Crippen LogP contribution in [0.5, 0.6) is 23.0 Å². The van der Waals surface area contributed by atoms with Crippen molar-refractivity contribution in [3.63, 3.8) is 0 Å². The summed E-state index contributed by atoms with van der Waals surface area (Å²) in [7, 11) is 0. The molecule has 0 saturated carbocycles. The molecule has 12 rings (SSSR count). The van der Waals surface area contributed by atoms with Crippen LogP contribution in [0.25, 0.3) is 77.7 Å². The summed E-state index contributed by atoms with van der Waals surface area (Å²) in [4.78, 5) is 9.10. The number of hydrogen-bond donors (Lipinski definition) is 0. The van der Waals surface area contributed by atoms with Gasteiger partial charge in [-0.15, -0.1) is 47.8 Å². The first-order valence-electron chi connectivity index (χ1n) is 20.7. The van der Waals surface area contributed by atoms with Crippen LogP contribution in [0.1, 0.15) is 0 Å². The Balaban J connectivity index is 0.00000256. The van der Waals surface area contributed by atoms with Gasteiger partial charge in [0.15, 0.2) is 0 Å². The minimum Gasteiger partial charge on any atom is -0.511 e. The molecule has 12 aromatic rings. The second-order valence-corrected chi connectivity index (χ2v) is 15.2. The average molecular weight is 1210 g/mol. The summed E-state index contributed by atoms with van der Waals surface area (Å²) in [5, 5.41) is 4.70. The van der Waals surface area contributed by atoms with Crippen LogP contribution in [0.15, 0.2) is 194 Å². The number of aromatic nitrogens is 6. The van der Waals surface area contributed by atoms with Gasteiger partial charge in [-0.2, -0.15) is 36.4 Å². The second-order valence-electron chi connectivity index (χ2n) is 15.2. The molecule has 4 heterocycles. The maximum absolute atomic E-state index is 6.34. The van der Waals surface area contributed by atoms with Gasteiger partial charge in [-0.1, -0.05) is 109 Å². The Labute approximate surface area is 409 Å².